The predicted octanol–water partition coefficient (Wildman–Crippen LogP) is -0.792. The van der Waals surface area contributed by atoms with Gasteiger partial charge in [0.15, 0.2) is 0 Å². The maximum Gasteiger partial charge on any atom is 0.332 e. The molecule has 22 heavy (non-hydrogen) atoms. The van der Waals surface area contributed by atoms with Crippen LogP contribution in [0.1, 0.15) is 0 Å². The Morgan fingerprint density at radius 2 is 1.14 bits per heavy atom. The summed E-state index contributed by atoms with van der Waals surface area (Å²) < 4.78 is 20.5. The lowest BCUT2D eigenvalue weighted by molar-refractivity contribution is -0.147. The molecule has 2 aliphatic rings. The van der Waals surface area contributed by atoms with Gasteiger partial charge in [0.2, 0.25) is 0 Å². The Hall–Kier alpha value is -1.48. The summed E-state index contributed by atoms with van der Waals surface area (Å²) in [4.78, 5) is 26.9. The van der Waals surface area contributed by atoms with E-state index in [9.17, 15) is 9.59 Å². The fourth-order valence-electron chi connectivity index (χ4n) is 2.00. The van der Waals surface area contributed by atoms with E-state index in [0.29, 0.717) is 26.4 Å². The summed E-state index contributed by atoms with van der Waals surface area (Å²) in [6.07, 6.45) is 2.17. The number of morpholine rings is 2. The van der Waals surface area contributed by atoms with Gasteiger partial charge in [-0.1, -0.05) is 0 Å². The molecule has 0 atom stereocenters. The van der Waals surface area contributed by atoms with Gasteiger partial charge in [-0.2, -0.15) is 0 Å². The summed E-state index contributed by atoms with van der Waals surface area (Å²) in [6.45, 7) is 5.91. The third-order valence-electron chi connectivity index (χ3n) is 3.34. The van der Waals surface area contributed by atoms with Gasteiger partial charge in [-0.05, 0) is 0 Å². The molecule has 0 amide bonds. The van der Waals surface area contributed by atoms with Crippen LogP contribution in [0.15, 0.2) is 12.2 Å². The molecule has 0 N–H and O–H groups in total. The molecule has 2 heterocycles. The minimum absolute atomic E-state index is 0.204. The van der Waals surface area contributed by atoms with Crippen LogP contribution >= 0.6 is 0 Å². The van der Waals surface area contributed by atoms with Gasteiger partial charge in [0.05, 0.1) is 26.4 Å². The second-order valence-electron chi connectivity index (χ2n) is 4.98. The lowest BCUT2D eigenvalue weighted by Gasteiger charge is -2.25. The molecule has 0 spiro atoms. The Morgan fingerprint density at radius 3 is 1.50 bits per heavy atom. The number of nitrogens with zero attached hydrogens (tertiary/aromatic N) is 2. The summed E-state index contributed by atoms with van der Waals surface area (Å²) in [7, 11) is 0. The van der Waals surface area contributed by atoms with Crippen LogP contribution in [0.5, 0.6) is 0 Å². The van der Waals surface area contributed by atoms with Crippen molar-refractivity contribution in [3.05, 3.63) is 12.2 Å². The lowest BCUT2D eigenvalue weighted by atomic mass is 10.4. The molecule has 0 aliphatic carbocycles. The molecule has 0 aromatic carbocycles. The second kappa shape index (κ2) is 9.52. The van der Waals surface area contributed by atoms with Crippen LogP contribution in [-0.4, -0.2) is 87.8 Å². The average Bonchev–Trinajstić information content (AvgIpc) is 2.58. The zero-order chi connectivity index (χ0) is 15.6. The monoisotopic (exact) mass is 314 g/mol. The van der Waals surface area contributed by atoms with Crippen LogP contribution in [0.4, 0.5) is 0 Å². The van der Waals surface area contributed by atoms with Crippen LogP contribution in [0.3, 0.4) is 0 Å². The summed E-state index contributed by atoms with van der Waals surface area (Å²) in [5.41, 5.74) is 0. The number of hydrogen-bond acceptors (Lipinski definition) is 8. The van der Waals surface area contributed by atoms with Crippen molar-refractivity contribution in [2.75, 3.05) is 66.1 Å². The van der Waals surface area contributed by atoms with Crippen molar-refractivity contribution in [1.82, 2.24) is 9.80 Å². The van der Waals surface area contributed by atoms with Gasteiger partial charge < -0.3 is 18.9 Å². The van der Waals surface area contributed by atoms with Crippen LogP contribution in [-0.2, 0) is 28.5 Å². The summed E-state index contributed by atoms with van der Waals surface area (Å²) in [5.74, 6) is -1.12. The zero-order valence-electron chi connectivity index (χ0n) is 12.6. The number of rotatable bonds is 6. The molecule has 2 rings (SSSR count). The minimum atomic E-state index is -0.560. The number of carbonyl (C=O) groups is 2. The average molecular weight is 314 g/mol. The van der Waals surface area contributed by atoms with E-state index >= 15 is 0 Å². The van der Waals surface area contributed by atoms with Gasteiger partial charge in [0.25, 0.3) is 0 Å². The second-order valence-corrected chi connectivity index (χ2v) is 4.98. The Balaban J connectivity index is 1.58. The first kappa shape index (κ1) is 16.9. The molecule has 8 nitrogen and oxygen atoms in total. The molecule has 0 radical (unpaired) electrons. The quantitative estimate of drug-likeness (QED) is 0.466. The first-order chi connectivity index (χ1) is 10.7. The molecular weight excluding hydrogens is 292 g/mol. The molecule has 124 valence electrons. The number of esters is 2. The number of carbonyl (C=O) groups excluding carboxylic acids is 2. The molecule has 0 aromatic heterocycles. The molecule has 0 unspecified atom stereocenters. The number of hydrogen-bond donors (Lipinski definition) is 0. The molecule has 0 saturated carbocycles. The summed E-state index contributed by atoms with van der Waals surface area (Å²) in [6, 6.07) is 0. The fourth-order valence-corrected chi connectivity index (χ4v) is 2.00. The van der Waals surface area contributed by atoms with E-state index in [0.717, 1.165) is 38.3 Å². The van der Waals surface area contributed by atoms with Crippen LogP contribution in [0, 0.1) is 0 Å². The molecular formula is C14H22N2O6. The largest absolute Gasteiger partial charge is 0.446 e. The third-order valence-corrected chi connectivity index (χ3v) is 3.34. The number of ether oxygens (including phenoxy) is 4. The third kappa shape index (κ3) is 6.52. The molecule has 2 aliphatic heterocycles. The maximum absolute atomic E-state index is 11.5. The topological polar surface area (TPSA) is 77.5 Å². The smallest absolute Gasteiger partial charge is 0.332 e. The van der Waals surface area contributed by atoms with Crippen LogP contribution < -0.4 is 0 Å². The summed E-state index contributed by atoms with van der Waals surface area (Å²) in [5, 5.41) is 0. The SMILES string of the molecule is O=C(C=CC(=O)OCN1CCOCC1)OCN1CCOCC1. The van der Waals surface area contributed by atoms with E-state index in [1.54, 1.807) is 0 Å². The Morgan fingerprint density at radius 1 is 0.773 bits per heavy atom. The fraction of sp³-hybridized carbons (Fsp3) is 0.714. The molecule has 2 saturated heterocycles. The zero-order valence-corrected chi connectivity index (χ0v) is 12.6. The van der Waals surface area contributed by atoms with E-state index in [-0.39, 0.29) is 13.5 Å². The van der Waals surface area contributed by atoms with Crippen molar-refractivity contribution in [3.8, 4) is 0 Å². The Kier molecular flexibility index (Phi) is 7.31. The minimum Gasteiger partial charge on any atom is -0.446 e. The van der Waals surface area contributed by atoms with Crippen molar-refractivity contribution < 1.29 is 28.5 Å². The van der Waals surface area contributed by atoms with Crippen molar-refractivity contribution in [3.63, 3.8) is 0 Å². The van der Waals surface area contributed by atoms with Crippen molar-refractivity contribution in [1.29, 1.82) is 0 Å². The highest BCUT2D eigenvalue weighted by molar-refractivity contribution is 5.91. The highest BCUT2D eigenvalue weighted by atomic mass is 16.6. The van der Waals surface area contributed by atoms with E-state index in [1.807, 2.05) is 9.80 Å². The molecule has 2 fully saturated rings. The standard InChI is InChI=1S/C14H22N2O6/c17-13(21-11-15-3-7-19-8-4-15)1-2-14(18)22-12-16-5-9-20-10-6-16/h1-2H,3-12H2. The van der Waals surface area contributed by atoms with Crippen molar-refractivity contribution in [2.24, 2.45) is 0 Å². The van der Waals surface area contributed by atoms with E-state index in [1.165, 1.54) is 0 Å². The molecule has 8 heteroatoms. The van der Waals surface area contributed by atoms with Crippen LogP contribution in [0.2, 0.25) is 0 Å². The van der Waals surface area contributed by atoms with Crippen molar-refractivity contribution in [2.45, 2.75) is 0 Å². The Labute approximate surface area is 129 Å². The van der Waals surface area contributed by atoms with Gasteiger partial charge in [-0.25, -0.2) is 9.59 Å². The van der Waals surface area contributed by atoms with E-state index in [4.69, 9.17) is 18.9 Å². The Bertz CT molecular complexity index is 353. The maximum atomic E-state index is 11.5. The van der Waals surface area contributed by atoms with Gasteiger partial charge >= 0.3 is 11.9 Å². The van der Waals surface area contributed by atoms with Gasteiger partial charge in [0.1, 0.15) is 13.5 Å². The first-order valence-electron chi connectivity index (χ1n) is 7.36. The van der Waals surface area contributed by atoms with Gasteiger partial charge in [0, 0.05) is 38.3 Å². The first-order valence-corrected chi connectivity index (χ1v) is 7.36. The van der Waals surface area contributed by atoms with E-state index < -0.39 is 11.9 Å². The normalized spacial score (nSPS) is 20.9. The molecule has 0 bridgehead atoms. The predicted molar refractivity (Wildman–Crippen MR) is 75.8 cm³/mol. The van der Waals surface area contributed by atoms with Gasteiger partial charge in [-0.3, -0.25) is 9.80 Å². The highest BCUT2D eigenvalue weighted by Crippen LogP contribution is 1.98. The summed E-state index contributed by atoms with van der Waals surface area (Å²) >= 11 is 0. The molecule has 0 aromatic rings. The lowest BCUT2D eigenvalue weighted by Crippen LogP contribution is -2.38. The van der Waals surface area contributed by atoms with E-state index in [2.05, 4.69) is 0 Å². The van der Waals surface area contributed by atoms with Gasteiger partial charge in [-0.15, -0.1) is 0 Å². The van der Waals surface area contributed by atoms with Crippen LogP contribution in [0.25, 0.3) is 0 Å². The highest BCUT2D eigenvalue weighted by Gasteiger charge is 2.13. The van der Waals surface area contributed by atoms with Crippen molar-refractivity contribution >= 4 is 11.9 Å².